The highest BCUT2D eigenvalue weighted by atomic mass is 16.7. The third-order valence-electron chi connectivity index (χ3n) is 6.53. The molecule has 1 aromatic rings. The zero-order valence-corrected chi connectivity index (χ0v) is 21.5. The van der Waals surface area contributed by atoms with Gasteiger partial charge in [0, 0.05) is 23.9 Å². The van der Waals surface area contributed by atoms with Gasteiger partial charge in [0.05, 0.1) is 26.4 Å². The third-order valence-corrected chi connectivity index (χ3v) is 6.53. The molecule has 1 spiro atoms. The van der Waals surface area contributed by atoms with Crippen molar-refractivity contribution in [2.75, 3.05) is 26.4 Å². The van der Waals surface area contributed by atoms with E-state index in [1.54, 1.807) is 13.8 Å². The molecule has 2 fully saturated rings. The Hall–Kier alpha value is -2.00. The van der Waals surface area contributed by atoms with Gasteiger partial charge in [0.2, 0.25) is 5.41 Å². The van der Waals surface area contributed by atoms with E-state index in [2.05, 4.69) is 27.7 Å². The zero-order valence-electron chi connectivity index (χ0n) is 21.5. The highest BCUT2D eigenvalue weighted by Gasteiger charge is 2.62. The number of carbonyl (C=O) groups excluding carboxylic acids is 2. The van der Waals surface area contributed by atoms with Crippen molar-refractivity contribution in [2.24, 2.45) is 5.41 Å². The van der Waals surface area contributed by atoms with Crippen LogP contribution in [0.5, 0.6) is 0 Å². The second kappa shape index (κ2) is 9.93. The third kappa shape index (κ3) is 5.15. The Bertz CT molecular complexity index is 819. The number of nitrogens with zero attached hydrogens (tertiary/aromatic N) is 1. The molecule has 0 aliphatic carbocycles. The Morgan fingerprint density at radius 2 is 1.38 bits per heavy atom. The second-order valence-corrected chi connectivity index (χ2v) is 10.4. The molecule has 1 atom stereocenters. The molecular weight excluding hydrogens is 438 g/mol. The maximum absolute atomic E-state index is 12.8. The van der Waals surface area contributed by atoms with Crippen molar-refractivity contribution in [3.63, 3.8) is 0 Å². The molecule has 8 nitrogen and oxygen atoms in total. The van der Waals surface area contributed by atoms with E-state index in [4.69, 9.17) is 23.8 Å². The van der Waals surface area contributed by atoms with E-state index in [1.165, 1.54) is 0 Å². The quantitative estimate of drug-likeness (QED) is 0.427. The Morgan fingerprint density at radius 3 is 1.82 bits per heavy atom. The molecule has 0 aromatic heterocycles. The molecule has 2 aliphatic heterocycles. The summed E-state index contributed by atoms with van der Waals surface area (Å²) in [7, 11) is 0. The average Bonchev–Trinajstić information content (AvgIpc) is 2.77. The fraction of sp³-hybridized carbons (Fsp3) is 0.692. The molecule has 2 heterocycles. The van der Waals surface area contributed by atoms with E-state index in [9.17, 15) is 9.59 Å². The van der Waals surface area contributed by atoms with E-state index < -0.39 is 34.2 Å². The van der Waals surface area contributed by atoms with Gasteiger partial charge in [0.1, 0.15) is 6.10 Å². The number of piperidine rings is 1. The number of carbonyl (C=O) groups is 2. The number of rotatable bonds is 7. The number of hydrogen-bond donors (Lipinski definition) is 0. The molecule has 3 rings (SSSR count). The molecule has 1 aromatic carbocycles. The normalized spacial score (nSPS) is 23.7. The van der Waals surface area contributed by atoms with Crippen molar-refractivity contribution < 1.29 is 33.4 Å². The predicted octanol–water partition coefficient (Wildman–Crippen LogP) is 4.19. The van der Waals surface area contributed by atoms with Crippen LogP contribution in [0.2, 0.25) is 0 Å². The minimum atomic E-state index is -1.62. The SMILES string of the molecule is CCOC(=O)C1(C(=O)OCC)COC2(CC(C)(C)N(OC(C)c3ccccc3)C(C)(C)C2)OC1. The largest absolute Gasteiger partial charge is 0.465 e. The second-order valence-electron chi connectivity index (χ2n) is 10.4. The summed E-state index contributed by atoms with van der Waals surface area (Å²) in [5.41, 5.74) is -1.45. The summed E-state index contributed by atoms with van der Waals surface area (Å²) in [5, 5.41) is 2.04. The van der Waals surface area contributed by atoms with Crippen molar-refractivity contribution in [3.05, 3.63) is 35.9 Å². The lowest BCUT2D eigenvalue weighted by atomic mass is 9.76. The summed E-state index contributed by atoms with van der Waals surface area (Å²) in [5.74, 6) is -2.33. The number of esters is 2. The van der Waals surface area contributed by atoms with E-state index >= 15 is 0 Å². The Labute approximate surface area is 202 Å². The molecule has 34 heavy (non-hydrogen) atoms. The van der Waals surface area contributed by atoms with Gasteiger partial charge < -0.3 is 18.9 Å². The Kier molecular flexibility index (Phi) is 7.77. The highest BCUT2D eigenvalue weighted by molar-refractivity contribution is 6.00. The molecule has 0 saturated carbocycles. The van der Waals surface area contributed by atoms with E-state index in [1.807, 2.05) is 42.3 Å². The average molecular weight is 478 g/mol. The molecule has 0 radical (unpaired) electrons. The summed E-state index contributed by atoms with van der Waals surface area (Å²) >= 11 is 0. The maximum atomic E-state index is 12.8. The van der Waals surface area contributed by atoms with Gasteiger partial charge in [-0.3, -0.25) is 14.4 Å². The maximum Gasteiger partial charge on any atom is 0.328 e. The van der Waals surface area contributed by atoms with Gasteiger partial charge in [-0.1, -0.05) is 30.3 Å². The monoisotopic (exact) mass is 477 g/mol. The minimum absolute atomic E-state index is 0.137. The smallest absolute Gasteiger partial charge is 0.328 e. The van der Waals surface area contributed by atoms with Crippen LogP contribution in [-0.2, 0) is 33.4 Å². The van der Waals surface area contributed by atoms with Gasteiger partial charge in [0.25, 0.3) is 0 Å². The van der Waals surface area contributed by atoms with Crippen LogP contribution >= 0.6 is 0 Å². The summed E-state index contributed by atoms with van der Waals surface area (Å²) in [6, 6.07) is 10.1. The molecule has 0 amide bonds. The standard InChI is InChI=1S/C26H39NO7/c1-8-30-21(28)25(22(29)31-9-2)17-32-26(33-18-25)15-23(4,5)27(24(6,7)16-26)34-19(3)20-13-11-10-12-14-20/h10-14,19H,8-9,15-18H2,1-7H3. The van der Waals surface area contributed by atoms with Crippen molar-refractivity contribution >= 4 is 11.9 Å². The summed E-state index contributed by atoms with van der Waals surface area (Å²) < 4.78 is 22.9. The summed E-state index contributed by atoms with van der Waals surface area (Å²) in [6.45, 7) is 13.7. The zero-order chi connectivity index (χ0) is 25.2. The molecular formula is C26H39NO7. The van der Waals surface area contributed by atoms with Crippen LogP contribution in [0.1, 0.15) is 73.0 Å². The van der Waals surface area contributed by atoms with Crippen molar-refractivity contribution in [1.82, 2.24) is 5.06 Å². The van der Waals surface area contributed by atoms with E-state index in [0.29, 0.717) is 12.8 Å². The molecule has 1 unspecified atom stereocenters. The first kappa shape index (κ1) is 26.6. The molecule has 0 N–H and O–H groups in total. The van der Waals surface area contributed by atoms with Crippen LogP contribution < -0.4 is 0 Å². The van der Waals surface area contributed by atoms with Gasteiger partial charge in [-0.25, -0.2) is 0 Å². The minimum Gasteiger partial charge on any atom is -0.465 e. The van der Waals surface area contributed by atoms with Gasteiger partial charge in [-0.15, -0.1) is 0 Å². The van der Waals surface area contributed by atoms with Gasteiger partial charge in [0.15, 0.2) is 5.79 Å². The predicted molar refractivity (Wildman–Crippen MR) is 126 cm³/mol. The first-order chi connectivity index (χ1) is 15.9. The lowest BCUT2D eigenvalue weighted by Gasteiger charge is -2.59. The van der Waals surface area contributed by atoms with Crippen LogP contribution in [0.15, 0.2) is 30.3 Å². The van der Waals surface area contributed by atoms with Crippen LogP contribution in [0.25, 0.3) is 0 Å². The fourth-order valence-electron chi connectivity index (χ4n) is 5.23. The van der Waals surface area contributed by atoms with E-state index in [0.717, 1.165) is 5.56 Å². The number of hydrogen-bond acceptors (Lipinski definition) is 8. The van der Waals surface area contributed by atoms with Gasteiger partial charge in [-0.05, 0) is 54.0 Å². The first-order valence-corrected chi connectivity index (χ1v) is 12.1. The van der Waals surface area contributed by atoms with Crippen molar-refractivity contribution in [3.8, 4) is 0 Å². The van der Waals surface area contributed by atoms with Gasteiger partial charge in [-0.2, -0.15) is 5.06 Å². The number of hydroxylamine groups is 2. The van der Waals surface area contributed by atoms with Crippen molar-refractivity contribution in [2.45, 2.75) is 84.3 Å². The number of benzene rings is 1. The Morgan fingerprint density at radius 1 is 0.912 bits per heavy atom. The molecule has 2 saturated heterocycles. The topological polar surface area (TPSA) is 83.5 Å². The molecule has 2 aliphatic rings. The fourth-order valence-corrected chi connectivity index (χ4v) is 5.23. The van der Waals surface area contributed by atoms with Crippen LogP contribution in [0, 0.1) is 5.41 Å². The first-order valence-electron chi connectivity index (χ1n) is 12.1. The number of ether oxygens (including phenoxy) is 4. The van der Waals surface area contributed by atoms with Gasteiger partial charge >= 0.3 is 11.9 Å². The van der Waals surface area contributed by atoms with Crippen LogP contribution in [-0.4, -0.2) is 60.3 Å². The lowest BCUT2D eigenvalue weighted by molar-refractivity contribution is -0.386. The lowest BCUT2D eigenvalue weighted by Crippen LogP contribution is -2.69. The van der Waals surface area contributed by atoms with Crippen LogP contribution in [0.4, 0.5) is 0 Å². The molecule has 8 heteroatoms. The van der Waals surface area contributed by atoms with Crippen LogP contribution in [0.3, 0.4) is 0 Å². The Balaban J connectivity index is 1.80. The van der Waals surface area contributed by atoms with E-state index in [-0.39, 0.29) is 32.5 Å². The summed E-state index contributed by atoms with van der Waals surface area (Å²) in [6.07, 6.45) is 0.849. The molecule has 0 bridgehead atoms. The van der Waals surface area contributed by atoms with Crippen molar-refractivity contribution in [1.29, 1.82) is 0 Å². The summed E-state index contributed by atoms with van der Waals surface area (Å²) in [4.78, 5) is 32.0. The molecule has 190 valence electrons. The highest BCUT2D eigenvalue weighted by Crippen LogP contribution is 2.50.